The number of amidine groups is 1. The second kappa shape index (κ2) is 10.4. The number of carbonyl (C=O) groups excluding carboxylic acids is 1. The summed E-state index contributed by atoms with van der Waals surface area (Å²) in [5, 5.41) is 54.3. The Labute approximate surface area is 241 Å². The summed E-state index contributed by atoms with van der Waals surface area (Å²) in [6.45, 7) is 0. The van der Waals surface area contributed by atoms with Gasteiger partial charge in [0, 0.05) is 22.3 Å². The summed E-state index contributed by atoms with van der Waals surface area (Å²) in [5.41, 5.74) is 8.90. The number of hydrogen-bond acceptors (Lipinski definition) is 10. The number of H-pyrrole nitrogens is 1. The number of phenols is 2. The molecule has 0 saturated heterocycles. The highest BCUT2D eigenvalue weighted by atomic mass is 32.2. The zero-order valence-electron chi connectivity index (χ0n) is 21.8. The van der Waals surface area contributed by atoms with Crippen LogP contribution in [0, 0.1) is 5.41 Å². The van der Waals surface area contributed by atoms with Crippen LogP contribution >= 0.6 is 0 Å². The predicted molar refractivity (Wildman–Crippen MR) is 151 cm³/mol. The number of fused-ring (bicyclic) bond motifs is 2. The monoisotopic (exact) mass is 609 g/mol. The molecule has 1 aliphatic rings. The number of amides is 1. The average Bonchev–Trinajstić information content (AvgIpc) is 3.48. The normalized spacial score (nSPS) is 13.7. The molecule has 16 nitrogen and oxygen atoms in total. The Bertz CT molecular complexity index is 1990. The molecule has 43 heavy (non-hydrogen) atoms. The van der Waals surface area contributed by atoms with E-state index in [9.17, 15) is 38.1 Å². The topological polar surface area (TPSA) is 286 Å². The number of nitrogen functional groups attached to an aromatic ring is 1. The highest BCUT2D eigenvalue weighted by Gasteiger charge is 2.42. The second-order valence-electron chi connectivity index (χ2n) is 9.57. The van der Waals surface area contributed by atoms with E-state index in [0.717, 1.165) is 0 Å². The van der Waals surface area contributed by atoms with Gasteiger partial charge in [0.05, 0.1) is 29.6 Å². The summed E-state index contributed by atoms with van der Waals surface area (Å²) in [4.78, 5) is 42.8. The first-order valence-electron chi connectivity index (χ1n) is 12.3. The molecule has 1 unspecified atom stereocenters. The van der Waals surface area contributed by atoms with Crippen molar-refractivity contribution in [1.29, 1.82) is 5.41 Å². The van der Waals surface area contributed by atoms with Gasteiger partial charge >= 0.3 is 11.9 Å². The van der Waals surface area contributed by atoms with Crippen molar-refractivity contribution in [3.05, 3.63) is 53.6 Å². The summed E-state index contributed by atoms with van der Waals surface area (Å²) >= 11 is 0. The molecule has 17 heteroatoms. The number of imidazole rings is 1. The molecule has 1 aromatic heterocycles. The summed E-state index contributed by atoms with van der Waals surface area (Å²) in [5.74, 6) is -6.15. The van der Waals surface area contributed by atoms with Gasteiger partial charge in [0.1, 0.15) is 17.7 Å². The van der Waals surface area contributed by atoms with Crippen molar-refractivity contribution in [3.63, 3.8) is 0 Å². The number of aliphatic carboxylic acids is 2. The Morgan fingerprint density at radius 2 is 1.79 bits per heavy atom. The highest BCUT2D eigenvalue weighted by molar-refractivity contribution is 7.89. The maximum atomic E-state index is 13.2. The average molecular weight is 610 g/mol. The number of carbonyl (C=O) groups is 3. The van der Waals surface area contributed by atoms with Gasteiger partial charge in [-0.25, -0.2) is 29.0 Å². The minimum atomic E-state index is -4.86. The number of carboxylic acids is 2. The van der Waals surface area contributed by atoms with Crippen LogP contribution in [-0.2, 0) is 30.8 Å². The summed E-state index contributed by atoms with van der Waals surface area (Å²) in [7, 11) is -4.86. The fraction of sp³-hybridized carbons (Fsp3) is 0.115. The van der Waals surface area contributed by atoms with Gasteiger partial charge in [0.25, 0.3) is 0 Å². The molecule has 1 atom stereocenters. The SMILES string of the molecule is N=C(N)c1ccc2nc(-c3ccccc3-c3c(O)c(O)c(S(N)(=O)=O)c4c3CC(=O)N4NC(CC(=O)O)C(=O)O)[nH]c2c1. The Morgan fingerprint density at radius 1 is 1.12 bits per heavy atom. The number of hydrogen-bond donors (Lipinski definition) is 9. The van der Waals surface area contributed by atoms with E-state index in [2.05, 4.69) is 15.4 Å². The van der Waals surface area contributed by atoms with Gasteiger partial charge in [0.2, 0.25) is 15.9 Å². The maximum absolute atomic E-state index is 13.2. The van der Waals surface area contributed by atoms with Gasteiger partial charge in [0.15, 0.2) is 16.4 Å². The number of nitrogens with one attached hydrogen (secondary N) is 3. The van der Waals surface area contributed by atoms with Crippen molar-refractivity contribution in [2.45, 2.75) is 23.8 Å². The van der Waals surface area contributed by atoms with E-state index < -0.39 is 68.8 Å². The molecule has 2 heterocycles. The standard InChI is InChI=1S/C26H23N7O9S/c27-24(28)10-5-6-14-15(7-10)31-25(30-14)12-4-2-1-3-11(12)19-13-8-17(34)33(32-16(26(39)40)9-18(35)36)20(13)23(43(29,41)42)22(38)21(19)37/h1-7,16,32,37-38H,8-9H2,(H3,27,28)(H,30,31)(H,35,36)(H,39,40)(H2,29,41,42). The van der Waals surface area contributed by atoms with Gasteiger partial charge in [-0.15, -0.1) is 0 Å². The third-order valence-corrected chi connectivity index (χ3v) is 7.73. The molecule has 11 N–H and O–H groups in total. The van der Waals surface area contributed by atoms with Crippen molar-refractivity contribution in [2.75, 3.05) is 5.01 Å². The van der Waals surface area contributed by atoms with Gasteiger partial charge in [-0.2, -0.15) is 0 Å². The number of sulfonamides is 1. The number of hydrazine groups is 1. The van der Waals surface area contributed by atoms with E-state index in [1.165, 1.54) is 6.07 Å². The molecular weight excluding hydrogens is 586 g/mol. The Kier molecular flexibility index (Phi) is 7.00. The molecule has 1 aliphatic heterocycles. The quantitative estimate of drug-likeness (QED) is 0.0715. The van der Waals surface area contributed by atoms with Gasteiger partial charge in [-0.05, 0) is 23.8 Å². The maximum Gasteiger partial charge on any atom is 0.323 e. The fourth-order valence-corrected chi connectivity index (χ4v) is 5.78. The second-order valence-corrected chi connectivity index (χ2v) is 11.1. The molecule has 4 aromatic rings. The van der Waals surface area contributed by atoms with Crippen molar-refractivity contribution in [1.82, 2.24) is 15.4 Å². The number of aromatic amines is 1. The third kappa shape index (κ3) is 5.07. The lowest BCUT2D eigenvalue weighted by Gasteiger charge is -2.25. The number of benzene rings is 3. The van der Waals surface area contributed by atoms with Crippen LogP contribution in [0.5, 0.6) is 11.5 Å². The van der Waals surface area contributed by atoms with Gasteiger partial charge in [-0.3, -0.25) is 19.8 Å². The summed E-state index contributed by atoms with van der Waals surface area (Å²) < 4.78 is 25.2. The zero-order chi connectivity index (χ0) is 31.4. The molecular formula is C26H23N7O9S. The minimum Gasteiger partial charge on any atom is -0.504 e. The van der Waals surface area contributed by atoms with Gasteiger partial charge < -0.3 is 31.1 Å². The number of anilines is 1. The molecule has 222 valence electrons. The zero-order valence-corrected chi connectivity index (χ0v) is 22.6. The highest BCUT2D eigenvalue weighted by Crippen LogP contribution is 2.53. The molecule has 1 amide bonds. The summed E-state index contributed by atoms with van der Waals surface area (Å²) in [6.07, 6.45) is -1.58. The van der Waals surface area contributed by atoms with Crippen LogP contribution < -0.4 is 21.3 Å². The van der Waals surface area contributed by atoms with Crippen LogP contribution in [0.2, 0.25) is 0 Å². The van der Waals surface area contributed by atoms with Crippen LogP contribution in [0.3, 0.4) is 0 Å². The van der Waals surface area contributed by atoms with Crippen molar-refractivity contribution in [3.8, 4) is 34.0 Å². The van der Waals surface area contributed by atoms with E-state index in [1.807, 2.05) is 0 Å². The van der Waals surface area contributed by atoms with E-state index in [-0.39, 0.29) is 28.4 Å². The fourth-order valence-electron chi connectivity index (χ4n) is 4.93. The lowest BCUT2D eigenvalue weighted by atomic mass is 9.92. The summed E-state index contributed by atoms with van der Waals surface area (Å²) in [6, 6.07) is 9.30. The van der Waals surface area contributed by atoms with Crippen LogP contribution in [0.1, 0.15) is 17.5 Å². The molecule has 0 fully saturated rings. The number of rotatable bonds is 9. The molecule has 5 rings (SSSR count). The van der Waals surface area contributed by atoms with Crippen molar-refractivity contribution >= 4 is 50.4 Å². The Morgan fingerprint density at radius 3 is 2.40 bits per heavy atom. The number of nitrogens with zero attached hydrogens (tertiary/aromatic N) is 2. The van der Waals surface area contributed by atoms with E-state index in [4.69, 9.17) is 21.4 Å². The number of carboxylic acid groups (broad SMARTS) is 2. The van der Waals surface area contributed by atoms with Crippen molar-refractivity contribution < 1.29 is 43.2 Å². The molecule has 0 aliphatic carbocycles. The number of phenolic OH excluding ortho intramolecular Hbond substituents is 2. The largest absolute Gasteiger partial charge is 0.504 e. The number of aromatic nitrogens is 2. The number of primary sulfonamides is 1. The molecule has 0 bridgehead atoms. The first-order valence-corrected chi connectivity index (χ1v) is 13.8. The minimum absolute atomic E-state index is 0.140. The molecule has 0 saturated carbocycles. The van der Waals surface area contributed by atoms with Gasteiger partial charge in [-0.1, -0.05) is 24.3 Å². The van der Waals surface area contributed by atoms with Crippen LogP contribution in [0.15, 0.2) is 47.4 Å². The first-order chi connectivity index (χ1) is 20.2. The Balaban J connectivity index is 1.76. The van der Waals surface area contributed by atoms with Crippen LogP contribution in [-0.4, -0.2) is 68.5 Å². The lowest BCUT2D eigenvalue weighted by Crippen LogP contribution is -2.51. The predicted octanol–water partition coefficient (Wildman–Crippen LogP) is 0.561. The Hall–Kier alpha value is -5.52. The van der Waals surface area contributed by atoms with Crippen molar-refractivity contribution in [2.24, 2.45) is 10.9 Å². The third-order valence-electron chi connectivity index (χ3n) is 6.77. The lowest BCUT2D eigenvalue weighted by molar-refractivity contribution is -0.146. The van der Waals surface area contributed by atoms with E-state index in [0.29, 0.717) is 27.2 Å². The first kappa shape index (κ1) is 29.0. The number of nitrogens with two attached hydrogens (primary N) is 2. The van der Waals surface area contributed by atoms with Crippen LogP contribution in [0.25, 0.3) is 33.5 Å². The molecule has 0 radical (unpaired) electrons. The smallest absolute Gasteiger partial charge is 0.323 e. The van der Waals surface area contributed by atoms with Crippen LogP contribution in [0.4, 0.5) is 5.69 Å². The van der Waals surface area contributed by atoms with E-state index >= 15 is 0 Å². The molecule has 3 aromatic carbocycles. The van der Waals surface area contributed by atoms with E-state index in [1.54, 1.807) is 36.4 Å². The number of aromatic hydroxyl groups is 2. The molecule has 0 spiro atoms.